The minimum Gasteiger partial charge on any atom is -0.381 e. The molecule has 6 heteroatoms. The standard InChI is InChI=1S/C12H28N2O3S/c1-11(2)10-17-8-5-6-14-18(15,16)9-7-13-12(3)4/h11-14H,5-10H2,1-4H3. The number of hydrogen-bond donors (Lipinski definition) is 2. The summed E-state index contributed by atoms with van der Waals surface area (Å²) in [5, 5.41) is 3.08. The van der Waals surface area contributed by atoms with Crippen LogP contribution in [0.4, 0.5) is 0 Å². The van der Waals surface area contributed by atoms with E-state index in [0.717, 1.165) is 6.61 Å². The summed E-state index contributed by atoms with van der Waals surface area (Å²) in [5.41, 5.74) is 0. The maximum atomic E-state index is 11.6. The topological polar surface area (TPSA) is 67.4 Å². The molecule has 0 aliphatic carbocycles. The summed E-state index contributed by atoms with van der Waals surface area (Å²) >= 11 is 0. The first-order valence-corrected chi connectivity index (χ1v) is 8.27. The number of ether oxygens (including phenoxy) is 1. The van der Waals surface area contributed by atoms with E-state index >= 15 is 0 Å². The lowest BCUT2D eigenvalue weighted by molar-refractivity contribution is 0.108. The first kappa shape index (κ1) is 17.8. The van der Waals surface area contributed by atoms with Gasteiger partial charge in [0.2, 0.25) is 10.0 Å². The highest BCUT2D eigenvalue weighted by molar-refractivity contribution is 7.89. The third-order valence-corrected chi connectivity index (χ3v) is 3.55. The van der Waals surface area contributed by atoms with Crippen LogP contribution in [0.3, 0.4) is 0 Å². The van der Waals surface area contributed by atoms with Crippen molar-refractivity contribution in [1.82, 2.24) is 10.0 Å². The van der Waals surface area contributed by atoms with Crippen molar-refractivity contribution in [2.24, 2.45) is 5.92 Å². The molecule has 0 spiro atoms. The number of nitrogens with one attached hydrogen (secondary N) is 2. The van der Waals surface area contributed by atoms with E-state index in [0.29, 0.717) is 38.1 Å². The predicted molar refractivity (Wildman–Crippen MR) is 75.2 cm³/mol. The van der Waals surface area contributed by atoms with Crippen LogP contribution < -0.4 is 10.0 Å². The Morgan fingerprint density at radius 3 is 2.33 bits per heavy atom. The number of rotatable bonds is 11. The molecule has 18 heavy (non-hydrogen) atoms. The zero-order valence-electron chi connectivity index (χ0n) is 12.0. The summed E-state index contributed by atoms with van der Waals surface area (Å²) in [7, 11) is -3.15. The van der Waals surface area contributed by atoms with Crippen molar-refractivity contribution in [2.75, 3.05) is 32.1 Å². The molecule has 0 bridgehead atoms. The van der Waals surface area contributed by atoms with Crippen LogP contribution in [0, 0.1) is 5.92 Å². The van der Waals surface area contributed by atoms with E-state index in [1.165, 1.54) is 0 Å². The van der Waals surface area contributed by atoms with Crippen molar-refractivity contribution in [2.45, 2.75) is 40.2 Å². The molecule has 110 valence electrons. The summed E-state index contributed by atoms with van der Waals surface area (Å²) in [6.45, 7) is 10.4. The third-order valence-electron chi connectivity index (χ3n) is 2.16. The fourth-order valence-corrected chi connectivity index (χ4v) is 2.26. The highest BCUT2D eigenvalue weighted by atomic mass is 32.2. The van der Waals surface area contributed by atoms with Crippen molar-refractivity contribution in [1.29, 1.82) is 0 Å². The van der Waals surface area contributed by atoms with Crippen molar-refractivity contribution < 1.29 is 13.2 Å². The van der Waals surface area contributed by atoms with Gasteiger partial charge in [-0.3, -0.25) is 0 Å². The van der Waals surface area contributed by atoms with Crippen molar-refractivity contribution in [3.05, 3.63) is 0 Å². The van der Waals surface area contributed by atoms with Crippen LogP contribution in [0.1, 0.15) is 34.1 Å². The quantitative estimate of drug-likeness (QED) is 0.553. The second-order valence-electron chi connectivity index (χ2n) is 5.14. The SMILES string of the molecule is CC(C)COCCCNS(=O)(=O)CCNC(C)C. The lowest BCUT2D eigenvalue weighted by Gasteiger charge is -2.10. The lowest BCUT2D eigenvalue weighted by Crippen LogP contribution is -2.35. The minimum atomic E-state index is -3.15. The van der Waals surface area contributed by atoms with Gasteiger partial charge >= 0.3 is 0 Å². The van der Waals surface area contributed by atoms with E-state index in [-0.39, 0.29) is 5.75 Å². The minimum absolute atomic E-state index is 0.123. The van der Waals surface area contributed by atoms with Crippen LogP contribution in [-0.4, -0.2) is 46.5 Å². The maximum Gasteiger partial charge on any atom is 0.212 e. The zero-order valence-corrected chi connectivity index (χ0v) is 12.8. The second-order valence-corrected chi connectivity index (χ2v) is 7.07. The van der Waals surface area contributed by atoms with Gasteiger partial charge in [-0.1, -0.05) is 27.7 Å². The van der Waals surface area contributed by atoms with E-state index < -0.39 is 10.0 Å². The van der Waals surface area contributed by atoms with Crippen LogP contribution in [0.5, 0.6) is 0 Å². The molecule has 0 radical (unpaired) electrons. The molecule has 0 fully saturated rings. The summed E-state index contributed by atoms with van der Waals surface area (Å²) in [5.74, 6) is 0.640. The van der Waals surface area contributed by atoms with E-state index in [2.05, 4.69) is 23.9 Å². The van der Waals surface area contributed by atoms with Gasteiger partial charge in [0, 0.05) is 32.3 Å². The molecule has 0 aliphatic heterocycles. The first-order chi connectivity index (χ1) is 8.33. The smallest absolute Gasteiger partial charge is 0.212 e. The average molecular weight is 280 g/mol. The van der Waals surface area contributed by atoms with Crippen LogP contribution in [0.25, 0.3) is 0 Å². The Morgan fingerprint density at radius 1 is 1.11 bits per heavy atom. The van der Waals surface area contributed by atoms with Gasteiger partial charge in [-0.15, -0.1) is 0 Å². The predicted octanol–water partition coefficient (Wildman–Crippen LogP) is 0.967. The number of sulfonamides is 1. The summed E-state index contributed by atoms with van der Waals surface area (Å²) in [4.78, 5) is 0. The molecule has 0 saturated carbocycles. The summed E-state index contributed by atoms with van der Waals surface area (Å²) in [6.07, 6.45) is 0.712. The summed E-state index contributed by atoms with van der Waals surface area (Å²) < 4.78 is 31.1. The molecule has 0 saturated heterocycles. The monoisotopic (exact) mass is 280 g/mol. The molecule has 2 N–H and O–H groups in total. The van der Waals surface area contributed by atoms with Crippen molar-refractivity contribution in [3.8, 4) is 0 Å². The largest absolute Gasteiger partial charge is 0.381 e. The first-order valence-electron chi connectivity index (χ1n) is 6.62. The van der Waals surface area contributed by atoms with Crippen molar-refractivity contribution in [3.63, 3.8) is 0 Å². The Balaban J connectivity index is 3.53. The summed E-state index contributed by atoms with van der Waals surface area (Å²) in [6, 6.07) is 0.310. The lowest BCUT2D eigenvalue weighted by atomic mass is 10.2. The Morgan fingerprint density at radius 2 is 1.78 bits per heavy atom. The van der Waals surface area contributed by atoms with Crippen LogP contribution in [-0.2, 0) is 14.8 Å². The molecule has 0 atom stereocenters. The van der Waals surface area contributed by atoms with Gasteiger partial charge in [0.15, 0.2) is 0 Å². The van der Waals surface area contributed by atoms with Crippen molar-refractivity contribution >= 4 is 10.0 Å². The molecule has 0 amide bonds. The molecular weight excluding hydrogens is 252 g/mol. The molecule has 0 rings (SSSR count). The van der Waals surface area contributed by atoms with Gasteiger partial charge in [-0.2, -0.15) is 0 Å². The van der Waals surface area contributed by atoms with E-state index in [9.17, 15) is 8.42 Å². The Kier molecular flexibility index (Phi) is 9.63. The van der Waals surface area contributed by atoms with E-state index in [1.807, 2.05) is 13.8 Å². The molecule has 0 heterocycles. The molecular formula is C12H28N2O3S. The van der Waals surface area contributed by atoms with E-state index in [4.69, 9.17) is 4.74 Å². The molecule has 0 aromatic heterocycles. The van der Waals surface area contributed by atoms with Gasteiger partial charge in [-0.05, 0) is 12.3 Å². The van der Waals surface area contributed by atoms with Gasteiger partial charge < -0.3 is 10.1 Å². The average Bonchev–Trinajstić information content (AvgIpc) is 2.21. The zero-order chi connectivity index (χ0) is 14.0. The molecule has 0 aromatic carbocycles. The van der Waals surface area contributed by atoms with Crippen LogP contribution >= 0.6 is 0 Å². The Hall–Kier alpha value is -0.170. The fraction of sp³-hybridized carbons (Fsp3) is 1.00. The van der Waals surface area contributed by atoms with Crippen LogP contribution in [0.2, 0.25) is 0 Å². The molecule has 0 aliphatic rings. The Bertz CT molecular complexity index is 290. The highest BCUT2D eigenvalue weighted by Crippen LogP contribution is 1.93. The highest BCUT2D eigenvalue weighted by Gasteiger charge is 2.08. The normalized spacial score (nSPS) is 12.6. The number of hydrogen-bond acceptors (Lipinski definition) is 4. The maximum absolute atomic E-state index is 11.6. The second kappa shape index (κ2) is 9.72. The molecule has 5 nitrogen and oxygen atoms in total. The fourth-order valence-electron chi connectivity index (χ4n) is 1.28. The van der Waals surface area contributed by atoms with Gasteiger partial charge in [-0.25, -0.2) is 13.1 Å². The molecule has 0 unspecified atom stereocenters. The van der Waals surface area contributed by atoms with Gasteiger partial charge in [0.1, 0.15) is 0 Å². The van der Waals surface area contributed by atoms with Gasteiger partial charge in [0.25, 0.3) is 0 Å². The van der Waals surface area contributed by atoms with Gasteiger partial charge in [0.05, 0.1) is 5.75 Å². The van der Waals surface area contributed by atoms with Crippen LogP contribution in [0.15, 0.2) is 0 Å². The molecule has 0 aromatic rings. The Labute approximate surface area is 112 Å². The van der Waals surface area contributed by atoms with E-state index in [1.54, 1.807) is 0 Å². The third kappa shape index (κ3) is 12.3.